The summed E-state index contributed by atoms with van der Waals surface area (Å²) >= 11 is 3.34. The number of aliphatic hydroxyl groups is 1. The minimum atomic E-state index is -1.55. The summed E-state index contributed by atoms with van der Waals surface area (Å²) in [6, 6.07) is 5.17. The number of hydrogen-bond donors (Lipinski definition) is 2. The smallest absolute Gasteiger partial charge is 0.337 e. The molecule has 1 aromatic carbocycles. The molecule has 17 heavy (non-hydrogen) atoms. The number of para-hydroxylation sites is 1. The van der Waals surface area contributed by atoms with E-state index in [1.807, 2.05) is 6.07 Å². The quantitative estimate of drug-likeness (QED) is 0.790. The number of hydrogen-bond acceptors (Lipinski definition) is 3. The van der Waals surface area contributed by atoms with E-state index in [1.54, 1.807) is 12.1 Å². The summed E-state index contributed by atoms with van der Waals surface area (Å²) in [5.74, 6) is -0.815. The minimum absolute atomic E-state index is 0.298. The van der Waals surface area contributed by atoms with Gasteiger partial charge in [0.1, 0.15) is 5.75 Å². The lowest BCUT2D eigenvalue weighted by atomic mass is 10.0. The molecule has 94 valence electrons. The van der Waals surface area contributed by atoms with Crippen molar-refractivity contribution in [1.29, 1.82) is 0 Å². The Morgan fingerprint density at radius 2 is 2.24 bits per heavy atom. The first-order chi connectivity index (χ1) is 8.11. The third-order valence-corrected chi connectivity index (χ3v) is 3.00. The Labute approximate surface area is 108 Å². The molecule has 0 heterocycles. The Morgan fingerprint density at radius 3 is 2.76 bits per heavy atom. The van der Waals surface area contributed by atoms with Crippen molar-refractivity contribution >= 4 is 21.9 Å². The van der Waals surface area contributed by atoms with E-state index in [4.69, 9.17) is 9.84 Å². The molecule has 0 saturated carbocycles. The third-order valence-electron chi connectivity index (χ3n) is 2.44. The third kappa shape index (κ3) is 3.44. The number of carbonyl (C=O) groups is 1. The van der Waals surface area contributed by atoms with Crippen LogP contribution in [0.2, 0.25) is 0 Å². The fourth-order valence-corrected chi connectivity index (χ4v) is 1.94. The van der Waals surface area contributed by atoms with Crippen LogP contribution in [0.4, 0.5) is 0 Å². The molecule has 0 radical (unpaired) electrons. The molecule has 1 atom stereocenters. The topological polar surface area (TPSA) is 66.8 Å². The highest BCUT2D eigenvalue weighted by atomic mass is 79.9. The van der Waals surface area contributed by atoms with Crippen molar-refractivity contribution in [2.45, 2.75) is 18.9 Å². The summed E-state index contributed by atoms with van der Waals surface area (Å²) in [5, 5.41) is 19.2. The molecule has 1 rings (SSSR count). The van der Waals surface area contributed by atoms with Crippen molar-refractivity contribution in [1.82, 2.24) is 0 Å². The van der Waals surface area contributed by atoms with Gasteiger partial charge in [-0.15, -0.1) is 0 Å². The molecular formula is C12H15BrO4. The van der Waals surface area contributed by atoms with Crippen molar-refractivity contribution in [3.63, 3.8) is 0 Å². The highest BCUT2D eigenvalue weighted by Gasteiger charge is 2.21. The maximum absolute atomic E-state index is 10.8. The van der Waals surface area contributed by atoms with Crippen LogP contribution in [-0.4, -0.2) is 28.6 Å². The van der Waals surface area contributed by atoms with E-state index in [1.165, 1.54) is 7.11 Å². The van der Waals surface area contributed by atoms with Crippen molar-refractivity contribution < 1.29 is 19.7 Å². The second-order valence-corrected chi connectivity index (χ2v) is 4.37. The molecule has 0 spiro atoms. The van der Waals surface area contributed by atoms with Crippen LogP contribution in [0.25, 0.3) is 0 Å². The normalized spacial score (nSPS) is 12.2. The number of aryl methyl sites for hydroxylation is 1. The van der Waals surface area contributed by atoms with Crippen LogP contribution in [0.15, 0.2) is 18.2 Å². The fraction of sp³-hybridized carbons (Fsp3) is 0.417. The minimum Gasteiger partial charge on any atom is -0.496 e. The fourth-order valence-electron chi connectivity index (χ4n) is 1.66. The zero-order valence-corrected chi connectivity index (χ0v) is 11.1. The van der Waals surface area contributed by atoms with Gasteiger partial charge in [-0.3, -0.25) is 0 Å². The first-order valence-corrected chi connectivity index (χ1v) is 6.36. The lowest BCUT2D eigenvalue weighted by Gasteiger charge is -2.15. The molecule has 0 saturated heterocycles. The monoisotopic (exact) mass is 302 g/mol. The van der Waals surface area contributed by atoms with Crippen LogP contribution >= 0.6 is 15.9 Å². The summed E-state index contributed by atoms with van der Waals surface area (Å²) in [5.41, 5.74) is 1.21. The van der Waals surface area contributed by atoms with Crippen molar-refractivity contribution in [3.8, 4) is 5.75 Å². The van der Waals surface area contributed by atoms with Gasteiger partial charge in [0.15, 0.2) is 6.10 Å². The van der Waals surface area contributed by atoms with E-state index < -0.39 is 12.1 Å². The summed E-state index contributed by atoms with van der Waals surface area (Å²) in [7, 11) is 1.48. The van der Waals surface area contributed by atoms with Crippen molar-refractivity contribution in [2.24, 2.45) is 0 Å². The molecule has 2 N–H and O–H groups in total. The number of rotatable bonds is 6. The molecule has 0 aliphatic heterocycles. The van der Waals surface area contributed by atoms with Gasteiger partial charge in [-0.05, 0) is 18.4 Å². The average Bonchev–Trinajstić information content (AvgIpc) is 2.34. The second-order valence-electron chi connectivity index (χ2n) is 3.57. The number of methoxy groups -OCH3 is 1. The second kappa shape index (κ2) is 6.61. The Bertz CT molecular complexity index is 392. The number of carboxylic acids is 1. The van der Waals surface area contributed by atoms with Crippen LogP contribution in [0.1, 0.15) is 23.7 Å². The molecule has 0 fully saturated rings. The maximum atomic E-state index is 10.8. The number of benzene rings is 1. The van der Waals surface area contributed by atoms with Crippen LogP contribution in [0, 0.1) is 0 Å². The predicted octanol–water partition coefficient (Wildman–Crippen LogP) is 2.14. The van der Waals surface area contributed by atoms with E-state index >= 15 is 0 Å². The van der Waals surface area contributed by atoms with Crippen molar-refractivity contribution in [2.75, 3.05) is 12.4 Å². The maximum Gasteiger partial charge on any atom is 0.337 e. The Hall–Kier alpha value is -1.07. The highest BCUT2D eigenvalue weighted by Crippen LogP contribution is 2.30. The van der Waals surface area contributed by atoms with Gasteiger partial charge in [-0.1, -0.05) is 34.1 Å². The molecule has 1 unspecified atom stereocenters. The van der Waals surface area contributed by atoms with Gasteiger partial charge < -0.3 is 14.9 Å². The first kappa shape index (κ1) is 14.0. The van der Waals surface area contributed by atoms with Gasteiger partial charge in [0.2, 0.25) is 0 Å². The molecule has 0 aliphatic rings. The number of ether oxygens (including phenoxy) is 1. The SMILES string of the molecule is COc1c(CCCBr)cccc1C(O)C(=O)O. The van der Waals surface area contributed by atoms with E-state index in [-0.39, 0.29) is 0 Å². The lowest BCUT2D eigenvalue weighted by molar-refractivity contribution is -0.147. The van der Waals surface area contributed by atoms with Gasteiger partial charge in [0, 0.05) is 10.9 Å². The Kier molecular flexibility index (Phi) is 5.44. The molecule has 0 bridgehead atoms. The molecule has 5 heteroatoms. The zero-order chi connectivity index (χ0) is 12.8. The number of aliphatic hydroxyl groups excluding tert-OH is 1. The van der Waals surface area contributed by atoms with E-state index in [0.717, 1.165) is 23.7 Å². The Morgan fingerprint density at radius 1 is 1.53 bits per heavy atom. The summed E-state index contributed by atoms with van der Waals surface area (Å²) in [6.45, 7) is 0. The summed E-state index contributed by atoms with van der Waals surface area (Å²) < 4.78 is 5.21. The molecule has 1 aromatic rings. The number of halogens is 1. The van der Waals surface area contributed by atoms with Crippen LogP contribution in [0.3, 0.4) is 0 Å². The van der Waals surface area contributed by atoms with E-state index in [2.05, 4.69) is 15.9 Å². The molecule has 0 aliphatic carbocycles. The molecule has 0 aromatic heterocycles. The molecular weight excluding hydrogens is 288 g/mol. The molecule has 4 nitrogen and oxygen atoms in total. The van der Waals surface area contributed by atoms with Crippen LogP contribution in [0.5, 0.6) is 5.75 Å². The average molecular weight is 303 g/mol. The standard InChI is InChI=1S/C12H15BrO4/c1-17-11-8(5-3-7-13)4-2-6-9(11)10(14)12(15)16/h2,4,6,10,14H,3,5,7H2,1H3,(H,15,16). The van der Waals surface area contributed by atoms with Crippen LogP contribution < -0.4 is 4.74 Å². The molecule has 0 amide bonds. The van der Waals surface area contributed by atoms with E-state index in [0.29, 0.717) is 11.3 Å². The van der Waals surface area contributed by atoms with Crippen LogP contribution in [-0.2, 0) is 11.2 Å². The Balaban J connectivity index is 3.09. The van der Waals surface area contributed by atoms with Gasteiger partial charge in [0.05, 0.1) is 7.11 Å². The lowest BCUT2D eigenvalue weighted by Crippen LogP contribution is -2.12. The number of aliphatic carboxylic acids is 1. The van der Waals surface area contributed by atoms with E-state index in [9.17, 15) is 9.90 Å². The van der Waals surface area contributed by atoms with Gasteiger partial charge >= 0.3 is 5.97 Å². The van der Waals surface area contributed by atoms with Gasteiger partial charge in [-0.2, -0.15) is 0 Å². The van der Waals surface area contributed by atoms with Gasteiger partial charge in [0.25, 0.3) is 0 Å². The first-order valence-electron chi connectivity index (χ1n) is 5.24. The largest absolute Gasteiger partial charge is 0.496 e. The zero-order valence-electron chi connectivity index (χ0n) is 9.52. The summed E-state index contributed by atoms with van der Waals surface area (Å²) in [6.07, 6.45) is 0.145. The highest BCUT2D eigenvalue weighted by molar-refractivity contribution is 9.09. The predicted molar refractivity (Wildman–Crippen MR) is 67.7 cm³/mol. The number of alkyl halides is 1. The van der Waals surface area contributed by atoms with Crippen molar-refractivity contribution in [3.05, 3.63) is 29.3 Å². The number of carboxylic acid groups (broad SMARTS) is 1. The summed E-state index contributed by atoms with van der Waals surface area (Å²) in [4.78, 5) is 10.8. The van der Waals surface area contributed by atoms with Gasteiger partial charge in [-0.25, -0.2) is 4.79 Å².